The molecule has 0 fully saturated rings. The molecule has 0 spiro atoms. The smallest absolute Gasteiger partial charge is 0.195 e. The lowest BCUT2D eigenvalue weighted by atomic mass is 10.0. The van der Waals surface area contributed by atoms with E-state index < -0.39 is 0 Å². The molecule has 0 aliphatic carbocycles. The highest BCUT2D eigenvalue weighted by Crippen LogP contribution is 2.27. The molecule has 4 rings (SSSR count). The zero-order valence-electron chi connectivity index (χ0n) is 13.2. The van der Waals surface area contributed by atoms with Gasteiger partial charge in [0.15, 0.2) is 5.78 Å². The standard InChI is InChI=1S/C20H15N3O2/c21-15-5-1-3-12(7-15)14-9-17-18(11-23-20(17)22-10-14)19(25)13-4-2-6-16(24)8-13/h1-11,24H,21H2,(H,22,23). The van der Waals surface area contributed by atoms with E-state index in [1.807, 2.05) is 30.3 Å². The Hall–Kier alpha value is -3.60. The van der Waals surface area contributed by atoms with Crippen LogP contribution in [0.15, 0.2) is 67.0 Å². The first-order valence-corrected chi connectivity index (χ1v) is 7.78. The number of ketones is 1. The van der Waals surface area contributed by atoms with Gasteiger partial charge in [-0.15, -0.1) is 0 Å². The van der Waals surface area contributed by atoms with Crippen molar-refractivity contribution in [2.75, 3.05) is 5.73 Å². The van der Waals surface area contributed by atoms with Crippen molar-refractivity contribution in [2.45, 2.75) is 0 Å². The summed E-state index contributed by atoms with van der Waals surface area (Å²) in [5.41, 5.74) is 9.91. The van der Waals surface area contributed by atoms with Crippen LogP contribution in [-0.2, 0) is 0 Å². The SMILES string of the molecule is Nc1cccc(-c2cnc3[nH]cc(C(=O)c4cccc(O)c4)c3c2)c1. The summed E-state index contributed by atoms with van der Waals surface area (Å²) in [6.07, 6.45) is 3.39. The van der Waals surface area contributed by atoms with E-state index in [1.54, 1.807) is 24.5 Å². The monoisotopic (exact) mass is 329 g/mol. The molecular formula is C20H15N3O2. The fourth-order valence-electron chi connectivity index (χ4n) is 2.87. The number of nitrogens with zero attached hydrogens (tertiary/aromatic N) is 1. The van der Waals surface area contributed by atoms with Gasteiger partial charge in [0.05, 0.1) is 0 Å². The number of phenolic OH excluding ortho intramolecular Hbond substituents is 1. The Kier molecular flexibility index (Phi) is 3.47. The molecule has 0 aliphatic heterocycles. The van der Waals surface area contributed by atoms with Crippen LogP contribution in [0.4, 0.5) is 5.69 Å². The van der Waals surface area contributed by atoms with Crippen molar-refractivity contribution in [1.82, 2.24) is 9.97 Å². The Morgan fingerprint density at radius 1 is 1.04 bits per heavy atom. The van der Waals surface area contributed by atoms with E-state index >= 15 is 0 Å². The Morgan fingerprint density at radius 3 is 2.68 bits per heavy atom. The molecule has 0 saturated carbocycles. The fourth-order valence-corrected chi connectivity index (χ4v) is 2.87. The molecule has 0 unspecified atom stereocenters. The van der Waals surface area contributed by atoms with Crippen molar-refractivity contribution in [3.63, 3.8) is 0 Å². The quantitative estimate of drug-likeness (QED) is 0.394. The van der Waals surface area contributed by atoms with Crippen molar-refractivity contribution in [1.29, 1.82) is 0 Å². The molecule has 4 N–H and O–H groups in total. The van der Waals surface area contributed by atoms with E-state index in [2.05, 4.69) is 9.97 Å². The normalized spacial score (nSPS) is 10.9. The Balaban J connectivity index is 1.83. The minimum absolute atomic E-state index is 0.0595. The predicted molar refractivity (Wildman–Crippen MR) is 97.5 cm³/mol. The van der Waals surface area contributed by atoms with E-state index in [0.29, 0.717) is 22.5 Å². The summed E-state index contributed by atoms with van der Waals surface area (Å²) in [6.45, 7) is 0. The number of fused-ring (bicyclic) bond motifs is 1. The number of carbonyl (C=O) groups is 1. The second-order valence-electron chi connectivity index (χ2n) is 5.83. The number of benzene rings is 2. The lowest BCUT2D eigenvalue weighted by molar-refractivity contribution is 0.104. The summed E-state index contributed by atoms with van der Waals surface area (Å²) in [5.74, 6) is -0.113. The van der Waals surface area contributed by atoms with Gasteiger partial charge >= 0.3 is 0 Å². The van der Waals surface area contributed by atoms with Crippen LogP contribution in [0, 0.1) is 0 Å². The minimum Gasteiger partial charge on any atom is -0.508 e. The van der Waals surface area contributed by atoms with Crippen LogP contribution >= 0.6 is 0 Å². The van der Waals surface area contributed by atoms with Crippen molar-refractivity contribution in [2.24, 2.45) is 0 Å². The highest BCUT2D eigenvalue weighted by Gasteiger charge is 2.16. The third-order valence-electron chi connectivity index (χ3n) is 4.10. The molecule has 0 bridgehead atoms. The third-order valence-corrected chi connectivity index (χ3v) is 4.10. The summed E-state index contributed by atoms with van der Waals surface area (Å²) in [6, 6.07) is 15.7. The molecule has 122 valence electrons. The second kappa shape index (κ2) is 5.79. The third kappa shape index (κ3) is 2.72. The molecule has 25 heavy (non-hydrogen) atoms. The highest BCUT2D eigenvalue weighted by molar-refractivity contribution is 6.16. The number of pyridine rings is 1. The van der Waals surface area contributed by atoms with Crippen LogP contribution < -0.4 is 5.73 Å². The van der Waals surface area contributed by atoms with Crippen LogP contribution in [0.1, 0.15) is 15.9 Å². The number of aromatic nitrogens is 2. The van der Waals surface area contributed by atoms with Crippen molar-refractivity contribution < 1.29 is 9.90 Å². The van der Waals surface area contributed by atoms with E-state index in [4.69, 9.17) is 5.73 Å². The summed E-state index contributed by atoms with van der Waals surface area (Å²) >= 11 is 0. The average Bonchev–Trinajstić information content (AvgIpc) is 3.04. The van der Waals surface area contributed by atoms with Crippen molar-refractivity contribution >= 4 is 22.5 Å². The molecule has 2 aromatic heterocycles. The number of phenols is 1. The van der Waals surface area contributed by atoms with Gasteiger partial charge in [-0.05, 0) is 35.9 Å². The second-order valence-corrected chi connectivity index (χ2v) is 5.83. The van der Waals surface area contributed by atoms with Gasteiger partial charge in [-0.25, -0.2) is 4.98 Å². The van der Waals surface area contributed by atoms with Gasteiger partial charge < -0.3 is 15.8 Å². The van der Waals surface area contributed by atoms with Crippen LogP contribution in [0.5, 0.6) is 5.75 Å². The van der Waals surface area contributed by atoms with Gasteiger partial charge in [0.2, 0.25) is 0 Å². The van der Waals surface area contributed by atoms with Gasteiger partial charge in [-0.3, -0.25) is 4.79 Å². The van der Waals surface area contributed by atoms with E-state index in [0.717, 1.165) is 16.5 Å². The topological polar surface area (TPSA) is 92.0 Å². The summed E-state index contributed by atoms with van der Waals surface area (Å²) in [7, 11) is 0. The Bertz CT molecular complexity index is 1100. The summed E-state index contributed by atoms with van der Waals surface area (Å²) < 4.78 is 0. The van der Waals surface area contributed by atoms with Gasteiger partial charge in [0.1, 0.15) is 11.4 Å². The lowest BCUT2D eigenvalue weighted by Gasteiger charge is -2.04. The molecule has 5 heteroatoms. The number of aromatic hydroxyl groups is 1. The first-order valence-electron chi connectivity index (χ1n) is 7.78. The van der Waals surface area contributed by atoms with Gasteiger partial charge in [0, 0.05) is 40.2 Å². The maximum absolute atomic E-state index is 12.8. The van der Waals surface area contributed by atoms with Gasteiger partial charge in [-0.2, -0.15) is 0 Å². The lowest BCUT2D eigenvalue weighted by Crippen LogP contribution is -2.00. The number of hydrogen-bond donors (Lipinski definition) is 3. The number of aromatic amines is 1. The van der Waals surface area contributed by atoms with E-state index in [9.17, 15) is 9.90 Å². The summed E-state index contributed by atoms with van der Waals surface area (Å²) in [5, 5.41) is 10.3. The Labute approximate surface area is 143 Å². The highest BCUT2D eigenvalue weighted by atomic mass is 16.3. The molecule has 0 amide bonds. The van der Waals surface area contributed by atoms with E-state index in [1.165, 1.54) is 12.1 Å². The zero-order chi connectivity index (χ0) is 17.4. The number of nitrogen functional groups attached to an aromatic ring is 1. The average molecular weight is 329 g/mol. The number of H-pyrrole nitrogens is 1. The minimum atomic E-state index is -0.173. The molecule has 0 radical (unpaired) electrons. The molecule has 0 atom stereocenters. The molecule has 5 nitrogen and oxygen atoms in total. The van der Waals surface area contributed by atoms with Crippen LogP contribution in [0.2, 0.25) is 0 Å². The number of nitrogens with two attached hydrogens (primary N) is 1. The maximum Gasteiger partial charge on any atom is 0.195 e. The Morgan fingerprint density at radius 2 is 1.88 bits per heavy atom. The predicted octanol–water partition coefficient (Wildman–Crippen LogP) is 3.75. The van der Waals surface area contributed by atoms with Gasteiger partial charge in [0.25, 0.3) is 0 Å². The first kappa shape index (κ1) is 15.0. The molecular weight excluding hydrogens is 314 g/mol. The number of carbonyl (C=O) groups excluding carboxylic acids is 1. The number of anilines is 1. The van der Waals surface area contributed by atoms with Crippen molar-refractivity contribution in [3.8, 4) is 16.9 Å². The number of nitrogens with one attached hydrogen (secondary N) is 1. The molecule has 0 saturated heterocycles. The molecule has 0 aliphatic rings. The number of hydrogen-bond acceptors (Lipinski definition) is 4. The largest absolute Gasteiger partial charge is 0.508 e. The zero-order valence-corrected chi connectivity index (χ0v) is 13.2. The fraction of sp³-hybridized carbons (Fsp3) is 0. The van der Waals surface area contributed by atoms with Crippen LogP contribution in [-0.4, -0.2) is 20.9 Å². The first-order chi connectivity index (χ1) is 12.1. The molecule has 4 aromatic rings. The van der Waals surface area contributed by atoms with Crippen molar-refractivity contribution in [3.05, 3.63) is 78.1 Å². The van der Waals surface area contributed by atoms with Gasteiger partial charge in [-0.1, -0.05) is 24.3 Å². The van der Waals surface area contributed by atoms with Crippen LogP contribution in [0.3, 0.4) is 0 Å². The van der Waals surface area contributed by atoms with Crippen LogP contribution in [0.25, 0.3) is 22.2 Å². The summed E-state index contributed by atoms with van der Waals surface area (Å²) in [4.78, 5) is 20.2. The molecule has 2 aromatic carbocycles. The maximum atomic E-state index is 12.8. The number of rotatable bonds is 3. The van der Waals surface area contributed by atoms with E-state index in [-0.39, 0.29) is 11.5 Å². The molecule has 2 heterocycles.